The molecule has 28 heteroatoms. The highest BCUT2D eigenvalue weighted by Crippen LogP contribution is 2.54. The Morgan fingerprint density at radius 3 is 1.15 bits per heavy atom. The molecule has 0 radical (unpaired) electrons. The maximum Gasteiger partial charge on any atom is 0.315 e. The zero-order valence-electron chi connectivity index (χ0n) is 69.8. The van der Waals surface area contributed by atoms with Crippen molar-refractivity contribution in [2.24, 2.45) is 5.92 Å². The van der Waals surface area contributed by atoms with Gasteiger partial charge in [0, 0.05) is 158 Å². The van der Waals surface area contributed by atoms with Crippen LogP contribution in [0.2, 0.25) is 0 Å². The van der Waals surface area contributed by atoms with E-state index in [2.05, 4.69) is 31.9 Å². The molecule has 6 N–H and O–H groups in total. The van der Waals surface area contributed by atoms with Gasteiger partial charge in [-0.1, -0.05) is 107 Å². The highest BCUT2D eigenvalue weighted by molar-refractivity contribution is 8.00. The van der Waals surface area contributed by atoms with Crippen LogP contribution in [0, 0.1) is 5.92 Å². The van der Waals surface area contributed by atoms with E-state index >= 15 is 0 Å². The third-order valence-corrected chi connectivity index (χ3v) is 28.6. The lowest BCUT2D eigenvalue weighted by molar-refractivity contribution is -0.125. The largest absolute Gasteiger partial charge is 0.441 e. The molecule has 4 aliphatic rings. The van der Waals surface area contributed by atoms with Gasteiger partial charge in [0.2, 0.25) is 11.8 Å². The number of ether oxygens (including phenoxy) is 6. The number of ketones is 4. The molecule has 0 spiro atoms. The SMILES string of the molecule is CCC[P@@](=O)(Oc1ccccc1)[C@@H](NC(=O)CCC(=O)CCCCOCC)C(C)C.CCC[P@@](=O)(Oc1ccccc1)[C@H](Cc1ccccc1)NC(=O)CCC(=O)CCCCOCC.CCOCCOCCCCC(=O)CCCCC1SC[C@@H]2NC(=O)N[C@H]12.CCOCCOCCCCC(=O)CCCCC1SC[C@@H]2NC(=O)N[C@H]12. The van der Waals surface area contributed by atoms with Crippen molar-refractivity contribution in [3.63, 3.8) is 0 Å². The predicted molar refractivity (Wildman–Crippen MR) is 458 cm³/mol. The van der Waals surface area contributed by atoms with Crippen LogP contribution in [0.3, 0.4) is 0 Å². The molecule has 4 heterocycles. The summed E-state index contributed by atoms with van der Waals surface area (Å²) in [6.45, 7) is 23.7. The van der Waals surface area contributed by atoms with E-state index in [9.17, 15) is 47.5 Å². The summed E-state index contributed by atoms with van der Waals surface area (Å²) in [5.74, 6) is 2.04. The second-order valence-electron chi connectivity index (χ2n) is 29.5. The fraction of sp³-hybridized carbons (Fsp3) is 0.698. The van der Waals surface area contributed by atoms with Crippen LogP contribution >= 0.6 is 38.3 Å². The van der Waals surface area contributed by atoms with Crippen LogP contribution in [0.1, 0.15) is 228 Å². The Labute approximate surface area is 690 Å². The summed E-state index contributed by atoms with van der Waals surface area (Å²) < 4.78 is 71.6. The van der Waals surface area contributed by atoms with Gasteiger partial charge in [-0.3, -0.25) is 37.9 Å². The summed E-state index contributed by atoms with van der Waals surface area (Å²) in [5, 5.41) is 18.8. The van der Waals surface area contributed by atoms with Crippen LogP contribution in [-0.2, 0) is 72.7 Å². The fourth-order valence-corrected chi connectivity index (χ4v) is 21.9. The van der Waals surface area contributed by atoms with Gasteiger partial charge in [0.05, 0.1) is 50.6 Å². The Balaban J connectivity index is 0.000000323. The molecule has 6 amide bonds. The summed E-state index contributed by atoms with van der Waals surface area (Å²) in [4.78, 5) is 96.1. The third-order valence-electron chi connectivity index (χ3n) is 19.6. The number of hydrogen-bond acceptors (Lipinski definition) is 20. The second kappa shape index (κ2) is 61.6. The number of benzene rings is 3. The number of carbonyl (C=O) groups is 8. The predicted octanol–water partition coefficient (Wildman–Crippen LogP) is 16.4. The molecule has 4 fully saturated rings. The minimum atomic E-state index is -3.28. The molecule has 0 aromatic heterocycles. The van der Waals surface area contributed by atoms with E-state index in [1.807, 2.05) is 146 Å². The first-order chi connectivity index (χ1) is 55.2. The number of unbranched alkanes of at least 4 members (excludes halogenated alkanes) is 6. The van der Waals surface area contributed by atoms with E-state index < -0.39 is 26.3 Å². The van der Waals surface area contributed by atoms with Gasteiger partial charge in [0.15, 0.2) is 0 Å². The molecule has 3 aromatic carbocycles. The van der Waals surface area contributed by atoms with Crippen LogP contribution in [0.4, 0.5) is 9.59 Å². The normalized spacial score (nSPS) is 18.7. The Kier molecular flexibility index (Phi) is 54.4. The second-order valence-corrected chi connectivity index (χ2v) is 37.4. The number of rotatable bonds is 61. The van der Waals surface area contributed by atoms with Gasteiger partial charge in [-0.05, 0) is 153 Å². The third kappa shape index (κ3) is 43.7. The van der Waals surface area contributed by atoms with Gasteiger partial charge in [-0.15, -0.1) is 0 Å². The first-order valence-electron chi connectivity index (χ1n) is 42.4. The van der Waals surface area contributed by atoms with Crippen molar-refractivity contribution in [3.05, 3.63) is 96.6 Å². The summed E-state index contributed by atoms with van der Waals surface area (Å²) in [5.41, 5.74) is 0.964. The minimum absolute atomic E-state index is 0.0302. The van der Waals surface area contributed by atoms with Crippen LogP contribution in [0.5, 0.6) is 11.5 Å². The Hall–Kier alpha value is -5.66. The molecule has 24 nitrogen and oxygen atoms in total. The van der Waals surface area contributed by atoms with Gasteiger partial charge in [0.1, 0.15) is 46.2 Å². The molecule has 3 aromatic rings. The molecular formula is C86H140N6O18P2S2. The minimum Gasteiger partial charge on any atom is -0.441 e. The summed E-state index contributed by atoms with van der Waals surface area (Å²) in [6.07, 6.45) is 19.7. The van der Waals surface area contributed by atoms with E-state index in [0.717, 1.165) is 120 Å². The number of Topliss-reactive ketones (excluding diaryl/α,β-unsaturated/α-hetero) is 4. The molecule has 114 heavy (non-hydrogen) atoms. The molecule has 4 saturated heterocycles. The van der Waals surface area contributed by atoms with E-state index in [1.54, 1.807) is 24.3 Å². The number of para-hydroxylation sites is 2. The lowest BCUT2D eigenvalue weighted by Gasteiger charge is -2.31. The molecular weight excluding hydrogens is 1530 g/mol. The van der Waals surface area contributed by atoms with Gasteiger partial charge in [-0.2, -0.15) is 23.5 Å². The van der Waals surface area contributed by atoms with Crippen LogP contribution in [0.15, 0.2) is 91.0 Å². The van der Waals surface area contributed by atoms with Gasteiger partial charge >= 0.3 is 12.1 Å². The van der Waals surface area contributed by atoms with Crippen LogP contribution in [-0.4, -0.2) is 196 Å². The Morgan fingerprint density at radius 2 is 0.754 bits per heavy atom. The zero-order valence-corrected chi connectivity index (χ0v) is 73.2. The first-order valence-corrected chi connectivity index (χ1v) is 48.2. The van der Waals surface area contributed by atoms with Crippen molar-refractivity contribution < 1.29 is 85.0 Å². The molecule has 10 atom stereocenters. The summed E-state index contributed by atoms with van der Waals surface area (Å²) in [6, 6.07) is 28.9. The topological polar surface area (TPSA) is 317 Å². The quantitative estimate of drug-likeness (QED) is 0.0174. The van der Waals surface area contributed by atoms with Crippen LogP contribution in [0.25, 0.3) is 0 Å². The smallest absolute Gasteiger partial charge is 0.315 e. The number of urea groups is 2. The number of nitrogens with one attached hydrogen (secondary N) is 6. The number of carbonyl (C=O) groups excluding carboxylic acids is 8. The molecule has 0 aliphatic carbocycles. The van der Waals surface area contributed by atoms with Gasteiger partial charge in [0.25, 0.3) is 14.7 Å². The molecule has 4 aliphatic heterocycles. The van der Waals surface area contributed by atoms with Crippen molar-refractivity contribution in [1.82, 2.24) is 31.9 Å². The standard InChI is InChI=1S/C27H38NO5P.C23H38NO5P.2C18H32N2O4S/c1-3-21-34(31,33-25-16-9-6-10-17-25)27(22-23-13-7-5-8-14-23)28-26(30)19-18-24(29)15-11-12-20-32-4-2;1-5-18-30(27,29-21-13-8-7-9-14-21)23(19(3)4)24-22(26)16-15-20(25)12-10-11-17-28-6-2;2*1-2-23-11-12-24-10-6-5-8-14(21)7-3-4-9-16-17-15(13-25-16)19-18(22)20-17/h5-10,13-14,16-17,27H,3-4,11-12,15,18-22H2,1-2H3,(H,28,30);7-9,13-14,19,23H,5-6,10-12,15-18H2,1-4H3,(H,24,26);2*15-17H,2-13H2,1H3,(H2,19,20,22)/t27-,34-;23-,30-;2*15-,16?,17-/m1100/s1. The van der Waals surface area contributed by atoms with Crippen molar-refractivity contribution >= 4 is 85.3 Å². The van der Waals surface area contributed by atoms with E-state index in [1.165, 1.54) is 0 Å². The fourth-order valence-electron chi connectivity index (χ4n) is 13.5. The van der Waals surface area contributed by atoms with Gasteiger partial charge < -0.3 is 69.4 Å². The number of fused-ring (bicyclic) bond motifs is 2. The maximum atomic E-state index is 14.1. The van der Waals surface area contributed by atoms with E-state index in [0.29, 0.717) is 182 Å². The van der Waals surface area contributed by atoms with Crippen LogP contribution < -0.4 is 40.9 Å². The van der Waals surface area contributed by atoms with Crippen molar-refractivity contribution in [2.45, 2.75) is 275 Å². The van der Waals surface area contributed by atoms with E-state index in [4.69, 9.17) is 37.5 Å². The first kappa shape index (κ1) is 101. The number of thioether (sulfide) groups is 2. The zero-order chi connectivity index (χ0) is 82.9. The Morgan fingerprint density at radius 1 is 0.412 bits per heavy atom. The monoisotopic (exact) mass is 1670 g/mol. The highest BCUT2D eigenvalue weighted by Gasteiger charge is 2.44. The van der Waals surface area contributed by atoms with Crippen molar-refractivity contribution in [3.8, 4) is 11.5 Å². The average molecular weight is 1670 g/mol. The number of hydrogen-bond donors (Lipinski definition) is 6. The molecule has 7 rings (SSSR count). The van der Waals surface area contributed by atoms with Gasteiger partial charge in [-0.25, -0.2) is 9.59 Å². The van der Waals surface area contributed by atoms with Crippen molar-refractivity contribution in [2.75, 3.05) is 103 Å². The summed E-state index contributed by atoms with van der Waals surface area (Å²) in [7, 11) is -6.45. The molecule has 0 bridgehead atoms. The summed E-state index contributed by atoms with van der Waals surface area (Å²) >= 11 is 3.87. The van der Waals surface area contributed by atoms with E-state index in [-0.39, 0.29) is 79.1 Å². The molecule has 644 valence electrons. The lowest BCUT2D eigenvalue weighted by atomic mass is 10.0. The molecule has 2 unspecified atom stereocenters. The van der Waals surface area contributed by atoms with Crippen molar-refractivity contribution in [1.29, 1.82) is 0 Å². The Bertz CT molecular complexity index is 3170. The lowest BCUT2D eigenvalue weighted by Crippen LogP contribution is -2.40. The average Bonchev–Trinajstić information content (AvgIpc) is 1.60. The highest BCUT2D eigenvalue weighted by atomic mass is 32.2. The molecule has 0 saturated carbocycles. The number of amides is 6. The maximum absolute atomic E-state index is 14.1.